The van der Waals surface area contributed by atoms with E-state index >= 15 is 0 Å². The van der Waals surface area contributed by atoms with Crippen molar-refractivity contribution in [3.63, 3.8) is 0 Å². The van der Waals surface area contributed by atoms with Crippen molar-refractivity contribution in [3.05, 3.63) is 0 Å². The Bertz CT molecular complexity index is 105. The summed E-state index contributed by atoms with van der Waals surface area (Å²) < 4.78 is 14.8. The zero-order chi connectivity index (χ0) is 6.62. The van der Waals surface area contributed by atoms with Gasteiger partial charge in [0.15, 0.2) is 0 Å². The summed E-state index contributed by atoms with van der Waals surface area (Å²) in [6, 6.07) is 0. The Morgan fingerprint density at radius 2 is 2.38 bits per heavy atom. The van der Waals surface area contributed by atoms with Crippen LogP contribution in [0, 0.1) is 0 Å². The molecule has 0 aromatic heterocycles. The van der Waals surface area contributed by atoms with Crippen molar-refractivity contribution in [3.8, 4) is 0 Å². The molecule has 1 atom stereocenters. The van der Waals surface area contributed by atoms with Crippen LogP contribution in [-0.2, 0) is 9.09 Å². The minimum atomic E-state index is -3.42. The summed E-state index contributed by atoms with van der Waals surface area (Å²) in [5, 5.41) is 2.13. The summed E-state index contributed by atoms with van der Waals surface area (Å²) in [7, 11) is -2.05. The molecule has 0 aliphatic heterocycles. The molecule has 1 unspecified atom stereocenters. The van der Waals surface area contributed by atoms with Gasteiger partial charge >= 0.3 is 7.75 Å². The van der Waals surface area contributed by atoms with Gasteiger partial charge in [-0.05, 0) is 14.0 Å². The minimum Gasteiger partial charge on any atom is -0.312 e. The van der Waals surface area contributed by atoms with Gasteiger partial charge in [0.05, 0.1) is 6.61 Å². The molecule has 0 amide bonds. The van der Waals surface area contributed by atoms with Gasteiger partial charge in [-0.3, -0.25) is 4.52 Å². The Labute approximate surface area is 48.4 Å². The van der Waals surface area contributed by atoms with Crippen molar-refractivity contribution in [1.29, 1.82) is 0 Å². The smallest absolute Gasteiger partial charge is 0.312 e. The van der Waals surface area contributed by atoms with Crippen LogP contribution in [0.25, 0.3) is 0 Å². The Kier molecular flexibility index (Phi) is 3.24. The Morgan fingerprint density at radius 1 is 1.88 bits per heavy atom. The lowest BCUT2D eigenvalue weighted by Crippen LogP contribution is -2.04. The fourth-order valence-electron chi connectivity index (χ4n) is 0.240. The predicted octanol–water partition coefficient (Wildman–Crippen LogP) is 0.343. The average molecular weight is 139 g/mol. The minimum absolute atomic E-state index is 0.245. The molecule has 0 radical (unpaired) electrons. The molecule has 0 aliphatic carbocycles. The standard InChI is InChI=1S/C3H10NO3P/c1-3-7-8(5,6)4-2/h3H2,1-2H3,(H2,4,5,6). The van der Waals surface area contributed by atoms with Crippen molar-refractivity contribution in [1.82, 2.24) is 5.09 Å². The third kappa shape index (κ3) is 3.16. The summed E-state index contributed by atoms with van der Waals surface area (Å²) in [5.41, 5.74) is 0. The maximum absolute atomic E-state index is 10.4. The first-order valence-corrected chi connectivity index (χ1v) is 3.86. The number of nitrogens with one attached hydrogen (secondary N) is 1. The first-order valence-electron chi connectivity index (χ1n) is 2.28. The van der Waals surface area contributed by atoms with Gasteiger partial charge in [-0.15, -0.1) is 0 Å². The zero-order valence-corrected chi connectivity index (χ0v) is 5.81. The highest BCUT2D eigenvalue weighted by atomic mass is 31.2. The molecule has 5 heteroatoms. The molecule has 0 heterocycles. The molecule has 8 heavy (non-hydrogen) atoms. The highest BCUT2D eigenvalue weighted by molar-refractivity contribution is 7.50. The summed E-state index contributed by atoms with van der Waals surface area (Å²) in [6.07, 6.45) is 0. The molecular formula is C3H10NO3P. The first kappa shape index (κ1) is 8.11. The molecule has 4 nitrogen and oxygen atoms in total. The molecule has 0 aliphatic rings. The van der Waals surface area contributed by atoms with Crippen molar-refractivity contribution < 1.29 is 14.0 Å². The molecule has 0 rings (SSSR count). The second-order valence-corrected chi connectivity index (χ2v) is 2.91. The molecule has 0 saturated heterocycles. The molecule has 0 saturated carbocycles. The van der Waals surface area contributed by atoms with E-state index < -0.39 is 7.75 Å². The van der Waals surface area contributed by atoms with Gasteiger partial charge in [0.2, 0.25) is 0 Å². The SMILES string of the molecule is CCOP(=O)(O)NC. The zero-order valence-electron chi connectivity index (χ0n) is 4.92. The Hall–Kier alpha value is 0.110. The molecule has 0 aromatic carbocycles. The fraction of sp³-hybridized carbons (Fsp3) is 1.00. The number of hydrogen-bond acceptors (Lipinski definition) is 2. The van der Waals surface area contributed by atoms with Gasteiger partial charge in [0.1, 0.15) is 0 Å². The lowest BCUT2D eigenvalue weighted by atomic mass is 10.9. The second kappa shape index (κ2) is 3.20. The fourth-order valence-corrected chi connectivity index (χ4v) is 0.719. The van der Waals surface area contributed by atoms with Gasteiger partial charge in [-0.25, -0.2) is 9.65 Å². The van der Waals surface area contributed by atoms with Crippen LogP contribution in [-0.4, -0.2) is 18.5 Å². The summed E-state index contributed by atoms with van der Waals surface area (Å²) in [6.45, 7) is 1.90. The van der Waals surface area contributed by atoms with E-state index in [2.05, 4.69) is 9.61 Å². The van der Waals surface area contributed by atoms with Crippen molar-refractivity contribution in [2.24, 2.45) is 0 Å². The highest BCUT2D eigenvalue weighted by Crippen LogP contribution is 2.34. The summed E-state index contributed by atoms with van der Waals surface area (Å²) in [5.74, 6) is 0. The normalized spacial score (nSPS) is 17.9. The third-order valence-electron chi connectivity index (χ3n) is 0.587. The second-order valence-electron chi connectivity index (χ2n) is 1.16. The number of rotatable bonds is 3. The van der Waals surface area contributed by atoms with Gasteiger partial charge in [-0.1, -0.05) is 0 Å². The lowest BCUT2D eigenvalue weighted by molar-refractivity contribution is 0.266. The van der Waals surface area contributed by atoms with Gasteiger partial charge in [0, 0.05) is 0 Å². The molecular weight excluding hydrogens is 129 g/mol. The van der Waals surface area contributed by atoms with E-state index in [-0.39, 0.29) is 6.61 Å². The summed E-state index contributed by atoms with van der Waals surface area (Å²) >= 11 is 0. The largest absolute Gasteiger partial charge is 0.402 e. The van der Waals surface area contributed by atoms with Gasteiger partial charge in [-0.2, -0.15) is 0 Å². The quantitative estimate of drug-likeness (QED) is 0.553. The van der Waals surface area contributed by atoms with Crippen LogP contribution in [0.1, 0.15) is 6.92 Å². The van der Waals surface area contributed by atoms with Gasteiger partial charge < -0.3 is 4.89 Å². The van der Waals surface area contributed by atoms with Crippen molar-refractivity contribution in [2.45, 2.75) is 6.92 Å². The monoisotopic (exact) mass is 139 g/mol. The molecule has 2 N–H and O–H groups in total. The van der Waals surface area contributed by atoms with E-state index in [9.17, 15) is 4.57 Å². The lowest BCUT2D eigenvalue weighted by Gasteiger charge is -2.06. The molecule has 0 fully saturated rings. The average Bonchev–Trinajstić information content (AvgIpc) is 1.67. The van der Waals surface area contributed by atoms with Crippen LogP contribution >= 0.6 is 7.75 Å². The van der Waals surface area contributed by atoms with E-state index in [1.54, 1.807) is 6.92 Å². The molecule has 0 aromatic rings. The van der Waals surface area contributed by atoms with E-state index in [0.29, 0.717) is 0 Å². The van der Waals surface area contributed by atoms with Crippen LogP contribution in [0.5, 0.6) is 0 Å². The van der Waals surface area contributed by atoms with Crippen LogP contribution in [0.2, 0.25) is 0 Å². The van der Waals surface area contributed by atoms with E-state index in [0.717, 1.165) is 0 Å². The van der Waals surface area contributed by atoms with Crippen molar-refractivity contribution in [2.75, 3.05) is 13.7 Å². The highest BCUT2D eigenvalue weighted by Gasteiger charge is 2.12. The van der Waals surface area contributed by atoms with E-state index in [1.165, 1.54) is 7.05 Å². The Morgan fingerprint density at radius 3 is 2.50 bits per heavy atom. The topological polar surface area (TPSA) is 58.6 Å². The van der Waals surface area contributed by atoms with Gasteiger partial charge in [0.25, 0.3) is 0 Å². The van der Waals surface area contributed by atoms with E-state index in [1.807, 2.05) is 0 Å². The van der Waals surface area contributed by atoms with Crippen LogP contribution in [0.15, 0.2) is 0 Å². The summed E-state index contributed by atoms with van der Waals surface area (Å²) in [4.78, 5) is 8.55. The molecule has 0 bridgehead atoms. The predicted molar refractivity (Wildman–Crippen MR) is 30.5 cm³/mol. The maximum Gasteiger partial charge on any atom is 0.402 e. The van der Waals surface area contributed by atoms with Crippen molar-refractivity contribution >= 4 is 7.75 Å². The number of hydrogen-bond donors (Lipinski definition) is 2. The maximum atomic E-state index is 10.4. The molecule has 0 spiro atoms. The van der Waals surface area contributed by atoms with Crippen LogP contribution in [0.3, 0.4) is 0 Å². The Balaban J connectivity index is 3.55. The first-order chi connectivity index (χ1) is 3.62. The van der Waals surface area contributed by atoms with Crippen LogP contribution < -0.4 is 5.09 Å². The molecule has 50 valence electrons. The third-order valence-corrected chi connectivity index (χ3v) is 1.76. The van der Waals surface area contributed by atoms with E-state index in [4.69, 9.17) is 4.89 Å². The van der Waals surface area contributed by atoms with Crippen LogP contribution in [0.4, 0.5) is 0 Å².